The summed E-state index contributed by atoms with van der Waals surface area (Å²) in [6.07, 6.45) is 4.02. The summed E-state index contributed by atoms with van der Waals surface area (Å²) in [6, 6.07) is 6.62. The second kappa shape index (κ2) is 5.94. The average Bonchev–Trinajstić information content (AvgIpc) is 2.30. The van der Waals surface area contributed by atoms with E-state index in [4.69, 9.17) is 0 Å². The number of rotatable bonds is 3. The third kappa shape index (κ3) is 3.15. The molecule has 0 aromatic heterocycles. The van der Waals surface area contributed by atoms with E-state index in [1.165, 1.54) is 42.9 Å². The summed E-state index contributed by atoms with van der Waals surface area (Å²) < 4.78 is 4.28. The van der Waals surface area contributed by atoms with Gasteiger partial charge >= 0.3 is 0 Å². The maximum atomic E-state index is 3.58. The SMILES string of the molecule is CNSc1cc(Br)cc(N2CCCCC2)c1. The van der Waals surface area contributed by atoms with Gasteiger partial charge in [-0.3, -0.25) is 4.72 Å². The van der Waals surface area contributed by atoms with Crippen LogP contribution in [0.2, 0.25) is 0 Å². The van der Waals surface area contributed by atoms with E-state index in [2.05, 4.69) is 43.8 Å². The fourth-order valence-electron chi connectivity index (χ4n) is 2.06. The van der Waals surface area contributed by atoms with Crippen molar-refractivity contribution < 1.29 is 0 Å². The van der Waals surface area contributed by atoms with Gasteiger partial charge in [0, 0.05) is 28.1 Å². The number of nitrogens with one attached hydrogen (secondary N) is 1. The highest BCUT2D eigenvalue weighted by Crippen LogP contribution is 2.29. The van der Waals surface area contributed by atoms with Crippen molar-refractivity contribution in [3.05, 3.63) is 22.7 Å². The second-order valence-electron chi connectivity index (χ2n) is 4.00. The molecule has 1 N–H and O–H groups in total. The largest absolute Gasteiger partial charge is 0.371 e. The Morgan fingerprint density at radius 1 is 1.19 bits per heavy atom. The predicted octanol–water partition coefficient (Wildman–Crippen LogP) is 3.67. The first-order valence-electron chi connectivity index (χ1n) is 5.69. The van der Waals surface area contributed by atoms with Gasteiger partial charge in [-0.2, -0.15) is 0 Å². The molecule has 1 saturated heterocycles. The molecule has 4 heteroatoms. The zero-order valence-electron chi connectivity index (χ0n) is 9.50. The summed E-state index contributed by atoms with van der Waals surface area (Å²) in [5, 5.41) is 0. The Bertz CT molecular complexity index is 351. The molecule has 1 aromatic rings. The molecule has 0 saturated carbocycles. The molecule has 1 aliphatic heterocycles. The van der Waals surface area contributed by atoms with E-state index >= 15 is 0 Å². The molecule has 88 valence electrons. The summed E-state index contributed by atoms with van der Waals surface area (Å²) in [5.74, 6) is 0. The first-order valence-corrected chi connectivity index (χ1v) is 7.29. The van der Waals surface area contributed by atoms with Gasteiger partial charge in [-0.25, -0.2) is 0 Å². The van der Waals surface area contributed by atoms with Crippen molar-refractivity contribution in [1.29, 1.82) is 0 Å². The third-order valence-corrected chi connectivity index (χ3v) is 3.93. The van der Waals surface area contributed by atoms with Crippen molar-refractivity contribution in [3.63, 3.8) is 0 Å². The Kier molecular flexibility index (Phi) is 4.55. The van der Waals surface area contributed by atoms with Crippen LogP contribution >= 0.6 is 27.9 Å². The van der Waals surface area contributed by atoms with E-state index in [1.54, 1.807) is 11.9 Å². The van der Waals surface area contributed by atoms with Crippen LogP contribution in [0, 0.1) is 0 Å². The van der Waals surface area contributed by atoms with E-state index in [0.29, 0.717) is 0 Å². The fraction of sp³-hybridized carbons (Fsp3) is 0.500. The van der Waals surface area contributed by atoms with E-state index in [-0.39, 0.29) is 0 Å². The fourth-order valence-corrected chi connectivity index (χ4v) is 3.29. The number of halogens is 1. The molecule has 0 aliphatic carbocycles. The molecule has 1 aliphatic rings. The van der Waals surface area contributed by atoms with Crippen LogP contribution in [-0.2, 0) is 0 Å². The van der Waals surface area contributed by atoms with Crippen molar-refractivity contribution in [2.75, 3.05) is 25.0 Å². The van der Waals surface area contributed by atoms with Gasteiger partial charge in [0.2, 0.25) is 0 Å². The molecular formula is C12H17BrN2S. The molecule has 1 heterocycles. The average molecular weight is 301 g/mol. The topological polar surface area (TPSA) is 15.3 Å². The number of benzene rings is 1. The molecule has 0 amide bonds. The van der Waals surface area contributed by atoms with Crippen molar-refractivity contribution in [2.45, 2.75) is 24.2 Å². The standard InChI is InChI=1S/C12H17BrN2S/c1-14-16-12-8-10(13)7-11(9-12)15-5-3-2-4-6-15/h7-9,14H,2-6H2,1H3. The molecule has 2 nitrogen and oxygen atoms in total. The highest BCUT2D eigenvalue weighted by molar-refractivity contribution is 9.10. The Hall–Kier alpha value is -0.190. The highest BCUT2D eigenvalue weighted by Gasteiger charge is 2.12. The minimum Gasteiger partial charge on any atom is -0.371 e. The number of nitrogens with zero attached hydrogens (tertiary/aromatic N) is 1. The quantitative estimate of drug-likeness (QED) is 0.858. The lowest BCUT2D eigenvalue weighted by molar-refractivity contribution is 0.577. The predicted molar refractivity (Wildman–Crippen MR) is 75.1 cm³/mol. The Morgan fingerprint density at radius 2 is 1.94 bits per heavy atom. The molecule has 16 heavy (non-hydrogen) atoms. The van der Waals surface area contributed by atoms with Gasteiger partial charge in [0.05, 0.1) is 0 Å². The smallest absolute Gasteiger partial charge is 0.0389 e. The van der Waals surface area contributed by atoms with Crippen LogP contribution in [0.5, 0.6) is 0 Å². The number of hydrogen-bond acceptors (Lipinski definition) is 3. The van der Waals surface area contributed by atoms with Crippen molar-refractivity contribution in [3.8, 4) is 0 Å². The number of hydrogen-bond donors (Lipinski definition) is 1. The summed E-state index contributed by atoms with van der Waals surface area (Å²) in [7, 11) is 1.95. The normalized spacial score (nSPS) is 16.5. The first-order chi connectivity index (χ1) is 7.79. The van der Waals surface area contributed by atoms with Crippen LogP contribution in [0.25, 0.3) is 0 Å². The van der Waals surface area contributed by atoms with Crippen molar-refractivity contribution in [1.82, 2.24) is 4.72 Å². The van der Waals surface area contributed by atoms with Gasteiger partial charge in [-0.15, -0.1) is 0 Å². The Labute approximate surface area is 110 Å². The number of anilines is 1. The van der Waals surface area contributed by atoms with E-state index in [1.807, 2.05) is 7.05 Å². The summed E-state index contributed by atoms with van der Waals surface area (Å²) in [6.45, 7) is 2.39. The maximum absolute atomic E-state index is 3.58. The highest BCUT2D eigenvalue weighted by atomic mass is 79.9. The molecule has 0 unspecified atom stereocenters. The molecule has 2 rings (SSSR count). The zero-order chi connectivity index (χ0) is 11.4. The monoisotopic (exact) mass is 300 g/mol. The van der Waals surface area contributed by atoms with Gasteiger partial charge in [0.1, 0.15) is 0 Å². The van der Waals surface area contributed by atoms with Crippen molar-refractivity contribution in [2.24, 2.45) is 0 Å². The van der Waals surface area contributed by atoms with E-state index in [9.17, 15) is 0 Å². The van der Waals surface area contributed by atoms with Crippen molar-refractivity contribution >= 4 is 33.6 Å². The molecule has 0 radical (unpaired) electrons. The van der Waals surface area contributed by atoms with Gasteiger partial charge in [0.25, 0.3) is 0 Å². The van der Waals surface area contributed by atoms with Crippen LogP contribution in [0.15, 0.2) is 27.6 Å². The van der Waals surface area contributed by atoms with E-state index < -0.39 is 0 Å². The first kappa shape index (κ1) is 12.3. The minimum atomic E-state index is 1.16. The molecule has 0 bridgehead atoms. The Balaban J connectivity index is 2.18. The van der Waals surface area contributed by atoms with Gasteiger partial charge in [-0.1, -0.05) is 15.9 Å². The second-order valence-corrected chi connectivity index (χ2v) is 6.00. The van der Waals surface area contributed by atoms with E-state index in [0.717, 1.165) is 4.47 Å². The van der Waals surface area contributed by atoms with Gasteiger partial charge in [-0.05, 0) is 56.5 Å². The maximum Gasteiger partial charge on any atom is 0.0389 e. The van der Waals surface area contributed by atoms with Crippen LogP contribution in [0.1, 0.15) is 19.3 Å². The van der Waals surface area contributed by atoms with Crippen LogP contribution < -0.4 is 9.62 Å². The lowest BCUT2D eigenvalue weighted by Gasteiger charge is -2.29. The summed E-state index contributed by atoms with van der Waals surface area (Å²) in [5.41, 5.74) is 1.34. The van der Waals surface area contributed by atoms with Crippen LogP contribution in [0.3, 0.4) is 0 Å². The lowest BCUT2D eigenvalue weighted by Crippen LogP contribution is -2.29. The molecule has 1 aromatic carbocycles. The molecule has 0 spiro atoms. The Morgan fingerprint density at radius 3 is 2.62 bits per heavy atom. The number of piperidine rings is 1. The minimum absolute atomic E-state index is 1.16. The zero-order valence-corrected chi connectivity index (χ0v) is 11.9. The van der Waals surface area contributed by atoms with Gasteiger partial charge in [0.15, 0.2) is 0 Å². The molecule has 0 atom stereocenters. The van der Waals surface area contributed by atoms with Gasteiger partial charge < -0.3 is 4.90 Å². The van der Waals surface area contributed by atoms with Crippen LogP contribution in [-0.4, -0.2) is 20.1 Å². The lowest BCUT2D eigenvalue weighted by atomic mass is 10.1. The molecular weight excluding hydrogens is 284 g/mol. The third-order valence-electron chi connectivity index (χ3n) is 2.80. The summed E-state index contributed by atoms with van der Waals surface area (Å²) >= 11 is 5.24. The molecule has 1 fully saturated rings. The van der Waals surface area contributed by atoms with Crippen LogP contribution in [0.4, 0.5) is 5.69 Å². The summed E-state index contributed by atoms with van der Waals surface area (Å²) in [4.78, 5) is 3.74.